The number of thioether (sulfide) groups is 1. The standard InChI is InChI=1S/C10H8F3NO2S/c11-5-1-4(2-6(12)8(5)13)9-14-7(3-17-9)10(15)16/h1-2,7,9,14H,3H2,(H,15,16). The molecule has 1 heterocycles. The van der Waals surface area contributed by atoms with E-state index in [0.29, 0.717) is 5.75 Å². The first-order valence-corrected chi connectivity index (χ1v) is 5.79. The zero-order valence-electron chi connectivity index (χ0n) is 8.41. The molecule has 1 aliphatic rings. The summed E-state index contributed by atoms with van der Waals surface area (Å²) in [6.45, 7) is 0. The minimum atomic E-state index is -1.52. The van der Waals surface area contributed by atoms with E-state index in [9.17, 15) is 18.0 Å². The Labute approximate surface area is 99.0 Å². The number of benzene rings is 1. The molecule has 1 aliphatic heterocycles. The van der Waals surface area contributed by atoms with Gasteiger partial charge in [0.25, 0.3) is 0 Å². The number of hydrogen-bond donors (Lipinski definition) is 2. The molecule has 0 spiro atoms. The zero-order valence-corrected chi connectivity index (χ0v) is 9.23. The number of hydrogen-bond acceptors (Lipinski definition) is 3. The van der Waals surface area contributed by atoms with Gasteiger partial charge >= 0.3 is 5.97 Å². The van der Waals surface area contributed by atoms with Crippen LogP contribution in [0, 0.1) is 17.5 Å². The molecule has 1 aromatic carbocycles. The fraction of sp³-hybridized carbons (Fsp3) is 0.300. The van der Waals surface area contributed by atoms with E-state index < -0.39 is 34.8 Å². The van der Waals surface area contributed by atoms with Crippen molar-refractivity contribution in [3.63, 3.8) is 0 Å². The number of carboxylic acid groups (broad SMARTS) is 1. The fourth-order valence-corrected chi connectivity index (χ4v) is 2.75. The molecule has 92 valence electrons. The van der Waals surface area contributed by atoms with Crippen LogP contribution in [0.1, 0.15) is 10.9 Å². The van der Waals surface area contributed by atoms with Gasteiger partial charge in [0.1, 0.15) is 6.04 Å². The van der Waals surface area contributed by atoms with Crippen molar-refractivity contribution >= 4 is 17.7 Å². The molecule has 1 aromatic rings. The molecule has 1 saturated heterocycles. The predicted molar refractivity (Wildman–Crippen MR) is 56.1 cm³/mol. The van der Waals surface area contributed by atoms with Crippen LogP contribution in [0.3, 0.4) is 0 Å². The van der Waals surface area contributed by atoms with Crippen molar-refractivity contribution < 1.29 is 23.1 Å². The molecule has 0 aliphatic carbocycles. The van der Waals surface area contributed by atoms with Gasteiger partial charge in [-0.05, 0) is 17.7 Å². The number of aliphatic carboxylic acids is 1. The van der Waals surface area contributed by atoms with Gasteiger partial charge in [0.15, 0.2) is 17.5 Å². The Hall–Kier alpha value is -1.21. The highest BCUT2D eigenvalue weighted by Crippen LogP contribution is 2.33. The molecule has 2 atom stereocenters. The van der Waals surface area contributed by atoms with E-state index in [-0.39, 0.29) is 5.56 Å². The molecule has 0 bridgehead atoms. The maximum atomic E-state index is 13.0. The van der Waals surface area contributed by atoms with Gasteiger partial charge in [-0.3, -0.25) is 10.1 Å². The Balaban J connectivity index is 2.22. The molecule has 0 aromatic heterocycles. The number of halogens is 3. The minimum absolute atomic E-state index is 0.190. The SMILES string of the molecule is O=C(O)C1CSC(c2cc(F)c(F)c(F)c2)N1. The zero-order chi connectivity index (χ0) is 12.6. The molecule has 2 unspecified atom stereocenters. The molecule has 1 fully saturated rings. The van der Waals surface area contributed by atoms with E-state index in [1.807, 2.05) is 0 Å². The van der Waals surface area contributed by atoms with E-state index in [0.717, 1.165) is 12.1 Å². The van der Waals surface area contributed by atoms with Crippen LogP contribution in [0.4, 0.5) is 13.2 Å². The quantitative estimate of drug-likeness (QED) is 0.800. The molecule has 0 amide bonds. The lowest BCUT2D eigenvalue weighted by Gasteiger charge is -2.11. The second kappa shape index (κ2) is 4.58. The second-order valence-corrected chi connectivity index (χ2v) is 4.71. The average Bonchev–Trinajstić information content (AvgIpc) is 2.74. The summed E-state index contributed by atoms with van der Waals surface area (Å²) in [5.74, 6) is -4.81. The molecule has 2 N–H and O–H groups in total. The topological polar surface area (TPSA) is 49.3 Å². The van der Waals surface area contributed by atoms with E-state index >= 15 is 0 Å². The third-order valence-electron chi connectivity index (χ3n) is 2.39. The lowest BCUT2D eigenvalue weighted by atomic mass is 10.2. The van der Waals surface area contributed by atoms with Gasteiger partial charge in [0.2, 0.25) is 0 Å². The van der Waals surface area contributed by atoms with Gasteiger partial charge in [0.05, 0.1) is 5.37 Å². The van der Waals surface area contributed by atoms with Gasteiger partial charge in [-0.25, -0.2) is 13.2 Å². The Morgan fingerprint density at radius 1 is 1.35 bits per heavy atom. The van der Waals surface area contributed by atoms with Gasteiger partial charge in [-0.15, -0.1) is 11.8 Å². The summed E-state index contributed by atoms with van der Waals surface area (Å²) < 4.78 is 38.7. The Morgan fingerprint density at radius 2 is 1.94 bits per heavy atom. The average molecular weight is 263 g/mol. The number of carbonyl (C=O) groups is 1. The number of nitrogens with one attached hydrogen (secondary N) is 1. The fourth-order valence-electron chi connectivity index (χ4n) is 1.53. The second-order valence-electron chi connectivity index (χ2n) is 3.57. The van der Waals surface area contributed by atoms with Crippen molar-refractivity contribution in [2.75, 3.05) is 5.75 Å². The van der Waals surface area contributed by atoms with Crippen LogP contribution in [0.25, 0.3) is 0 Å². The van der Waals surface area contributed by atoms with Gasteiger partial charge in [-0.1, -0.05) is 0 Å². The van der Waals surface area contributed by atoms with Crippen LogP contribution < -0.4 is 5.32 Å². The maximum absolute atomic E-state index is 13.0. The highest BCUT2D eigenvalue weighted by molar-refractivity contribution is 7.99. The van der Waals surface area contributed by atoms with Crippen molar-refractivity contribution in [3.8, 4) is 0 Å². The largest absolute Gasteiger partial charge is 0.480 e. The monoisotopic (exact) mass is 263 g/mol. The van der Waals surface area contributed by atoms with E-state index in [1.165, 1.54) is 11.8 Å². The number of carboxylic acids is 1. The summed E-state index contributed by atoms with van der Waals surface area (Å²) in [6, 6.07) is 0.974. The van der Waals surface area contributed by atoms with Gasteiger partial charge < -0.3 is 5.11 Å². The lowest BCUT2D eigenvalue weighted by Crippen LogP contribution is -2.33. The lowest BCUT2D eigenvalue weighted by molar-refractivity contribution is -0.138. The van der Waals surface area contributed by atoms with Crippen LogP contribution in [0.5, 0.6) is 0 Å². The van der Waals surface area contributed by atoms with Crippen molar-refractivity contribution in [1.29, 1.82) is 0 Å². The van der Waals surface area contributed by atoms with Crippen LogP contribution in [-0.2, 0) is 4.79 Å². The Morgan fingerprint density at radius 3 is 2.41 bits per heavy atom. The third kappa shape index (κ3) is 2.39. The van der Waals surface area contributed by atoms with Crippen LogP contribution in [0.2, 0.25) is 0 Å². The van der Waals surface area contributed by atoms with Crippen LogP contribution >= 0.6 is 11.8 Å². The molecular formula is C10H8F3NO2S. The molecular weight excluding hydrogens is 255 g/mol. The molecule has 0 radical (unpaired) electrons. The maximum Gasteiger partial charge on any atom is 0.321 e. The first kappa shape index (κ1) is 12.3. The summed E-state index contributed by atoms with van der Waals surface area (Å²) in [4.78, 5) is 10.7. The van der Waals surface area contributed by atoms with Crippen molar-refractivity contribution in [2.45, 2.75) is 11.4 Å². The van der Waals surface area contributed by atoms with E-state index in [4.69, 9.17) is 5.11 Å². The Bertz CT molecular complexity index is 446. The first-order valence-electron chi connectivity index (χ1n) is 4.74. The summed E-state index contributed by atoms with van der Waals surface area (Å²) in [5, 5.41) is 10.9. The molecule has 17 heavy (non-hydrogen) atoms. The molecule has 7 heteroatoms. The molecule has 0 saturated carbocycles. The van der Waals surface area contributed by atoms with Crippen molar-refractivity contribution in [3.05, 3.63) is 35.1 Å². The highest BCUT2D eigenvalue weighted by Gasteiger charge is 2.31. The smallest absolute Gasteiger partial charge is 0.321 e. The van der Waals surface area contributed by atoms with E-state index in [1.54, 1.807) is 0 Å². The summed E-state index contributed by atoms with van der Waals surface area (Å²) in [5.41, 5.74) is 0.190. The Kier molecular flexibility index (Phi) is 3.30. The van der Waals surface area contributed by atoms with Crippen molar-refractivity contribution in [2.24, 2.45) is 0 Å². The third-order valence-corrected chi connectivity index (χ3v) is 3.66. The summed E-state index contributed by atoms with van der Waals surface area (Å²) in [6.07, 6.45) is 0. The van der Waals surface area contributed by atoms with Crippen molar-refractivity contribution in [1.82, 2.24) is 5.32 Å². The molecule has 2 rings (SSSR count). The summed E-state index contributed by atoms with van der Waals surface area (Å²) >= 11 is 1.21. The first-order chi connectivity index (χ1) is 7.99. The van der Waals surface area contributed by atoms with Gasteiger partial charge in [0, 0.05) is 5.75 Å². The van der Waals surface area contributed by atoms with Gasteiger partial charge in [-0.2, -0.15) is 0 Å². The molecule has 3 nitrogen and oxygen atoms in total. The normalized spacial score (nSPS) is 23.9. The number of rotatable bonds is 2. The van der Waals surface area contributed by atoms with Crippen LogP contribution in [-0.4, -0.2) is 22.9 Å². The minimum Gasteiger partial charge on any atom is -0.480 e. The van der Waals surface area contributed by atoms with E-state index in [2.05, 4.69) is 5.32 Å². The highest BCUT2D eigenvalue weighted by atomic mass is 32.2. The van der Waals surface area contributed by atoms with Crippen LogP contribution in [0.15, 0.2) is 12.1 Å². The summed E-state index contributed by atoms with van der Waals surface area (Å²) in [7, 11) is 0. The predicted octanol–water partition coefficient (Wildman–Crippen LogP) is 1.89.